The summed E-state index contributed by atoms with van der Waals surface area (Å²) in [5.74, 6) is -0.391. The second-order valence-corrected chi connectivity index (χ2v) is 5.59. The highest BCUT2D eigenvalue weighted by atomic mass is 79.9. The first-order chi connectivity index (χ1) is 8.10. The molecule has 0 amide bonds. The first-order valence-electron chi connectivity index (χ1n) is 5.31. The first-order valence-corrected chi connectivity index (χ1v) is 6.11. The van der Waals surface area contributed by atoms with Gasteiger partial charge in [-0.3, -0.25) is 0 Å². The summed E-state index contributed by atoms with van der Waals surface area (Å²) in [5, 5.41) is 9.15. The number of hydrogen-bond donors (Lipinski definition) is 1. The van der Waals surface area contributed by atoms with Crippen molar-refractivity contribution in [2.45, 2.75) is 0 Å². The number of carbonyl (C=O) groups is 1. The van der Waals surface area contributed by atoms with Crippen LogP contribution in [-0.4, -0.2) is 42.4 Å². The fourth-order valence-corrected chi connectivity index (χ4v) is 2.66. The van der Waals surface area contributed by atoms with E-state index in [9.17, 15) is 4.79 Å². The van der Waals surface area contributed by atoms with Gasteiger partial charge in [-0.25, -0.2) is 9.78 Å². The minimum atomic E-state index is -0.945. The molecular weight excluding hydrogens is 288 g/mol. The van der Waals surface area contributed by atoms with Crippen LogP contribution in [0.2, 0.25) is 0 Å². The Hall–Kier alpha value is -1.14. The summed E-state index contributed by atoms with van der Waals surface area (Å²) < 4.78 is 5.87. The molecule has 1 aromatic rings. The van der Waals surface area contributed by atoms with E-state index in [0.29, 0.717) is 10.3 Å². The predicted octanol–water partition coefficient (Wildman–Crippen LogP) is 1.38. The minimum absolute atomic E-state index is 0.245. The Balaban J connectivity index is 1.85. The molecule has 2 aliphatic rings. The fraction of sp³-hybridized carbons (Fsp3) is 0.455. The molecule has 3 rings (SSSR count). The summed E-state index contributed by atoms with van der Waals surface area (Å²) in [6, 6.07) is 1.59. The van der Waals surface area contributed by atoms with E-state index in [1.165, 1.54) is 0 Å². The number of carboxylic acids is 1. The van der Waals surface area contributed by atoms with E-state index in [4.69, 9.17) is 9.84 Å². The number of nitrogens with zero attached hydrogens (tertiary/aromatic N) is 2. The quantitative estimate of drug-likeness (QED) is 0.894. The van der Waals surface area contributed by atoms with E-state index < -0.39 is 5.97 Å². The van der Waals surface area contributed by atoms with E-state index in [1.54, 1.807) is 12.3 Å². The van der Waals surface area contributed by atoms with Crippen LogP contribution >= 0.6 is 15.9 Å². The van der Waals surface area contributed by atoms with Gasteiger partial charge in [0.2, 0.25) is 0 Å². The molecular formula is C11H11BrN2O3. The number of rotatable bonds is 2. The van der Waals surface area contributed by atoms with Crippen LogP contribution < -0.4 is 4.90 Å². The highest BCUT2D eigenvalue weighted by Gasteiger charge is 2.50. The fourth-order valence-electron chi connectivity index (χ4n) is 2.33. The van der Waals surface area contributed by atoms with Gasteiger partial charge in [0.15, 0.2) is 0 Å². The van der Waals surface area contributed by atoms with Gasteiger partial charge in [0, 0.05) is 23.8 Å². The van der Waals surface area contributed by atoms with Crippen molar-refractivity contribution >= 4 is 27.7 Å². The smallest absolute Gasteiger partial charge is 0.339 e. The maximum Gasteiger partial charge on any atom is 0.339 e. The Kier molecular flexibility index (Phi) is 2.38. The first kappa shape index (κ1) is 11.0. The Morgan fingerprint density at radius 3 is 2.76 bits per heavy atom. The molecule has 0 radical (unpaired) electrons. The summed E-state index contributed by atoms with van der Waals surface area (Å²) in [7, 11) is 0. The number of aromatic nitrogens is 1. The van der Waals surface area contributed by atoms with E-state index >= 15 is 0 Å². The molecule has 6 heteroatoms. The van der Waals surface area contributed by atoms with Gasteiger partial charge in [-0.1, -0.05) is 0 Å². The zero-order valence-electron chi connectivity index (χ0n) is 9.02. The van der Waals surface area contributed by atoms with Crippen LogP contribution in [0.3, 0.4) is 0 Å². The highest BCUT2D eigenvalue weighted by Crippen LogP contribution is 2.40. The maximum absolute atomic E-state index is 11.2. The third kappa shape index (κ3) is 1.71. The lowest BCUT2D eigenvalue weighted by atomic mass is 9.78. The van der Waals surface area contributed by atoms with E-state index in [1.807, 2.05) is 4.90 Å². The zero-order valence-corrected chi connectivity index (χ0v) is 10.6. The molecule has 0 atom stereocenters. The number of aromatic carboxylic acids is 1. The summed E-state index contributed by atoms with van der Waals surface area (Å²) in [6.07, 6.45) is 1.63. The van der Waals surface area contributed by atoms with Crippen LogP contribution in [0.1, 0.15) is 10.4 Å². The molecule has 1 spiro atoms. The SMILES string of the molecule is O=C(O)c1cc(Br)cnc1N1CC2(COC2)C1. The van der Waals surface area contributed by atoms with Crippen molar-refractivity contribution in [2.24, 2.45) is 5.41 Å². The minimum Gasteiger partial charge on any atom is -0.478 e. The number of halogens is 1. The van der Waals surface area contributed by atoms with Crippen molar-refractivity contribution < 1.29 is 14.6 Å². The molecule has 90 valence electrons. The summed E-state index contributed by atoms with van der Waals surface area (Å²) in [5.41, 5.74) is 0.499. The molecule has 1 N–H and O–H groups in total. The van der Waals surface area contributed by atoms with Gasteiger partial charge < -0.3 is 14.7 Å². The molecule has 5 nitrogen and oxygen atoms in total. The van der Waals surface area contributed by atoms with Crippen LogP contribution in [0.15, 0.2) is 16.7 Å². The van der Waals surface area contributed by atoms with E-state index in [2.05, 4.69) is 20.9 Å². The van der Waals surface area contributed by atoms with Crippen molar-refractivity contribution in [1.29, 1.82) is 0 Å². The molecule has 0 unspecified atom stereocenters. The lowest BCUT2D eigenvalue weighted by molar-refractivity contribution is -0.127. The molecule has 2 saturated heterocycles. The van der Waals surface area contributed by atoms with Crippen molar-refractivity contribution in [3.05, 3.63) is 22.3 Å². The van der Waals surface area contributed by atoms with Crippen molar-refractivity contribution in [3.8, 4) is 0 Å². The van der Waals surface area contributed by atoms with Gasteiger partial charge in [-0.15, -0.1) is 0 Å². The van der Waals surface area contributed by atoms with Crippen LogP contribution in [-0.2, 0) is 4.74 Å². The largest absolute Gasteiger partial charge is 0.478 e. The van der Waals surface area contributed by atoms with Crippen LogP contribution in [0.4, 0.5) is 5.82 Å². The van der Waals surface area contributed by atoms with Gasteiger partial charge in [0.05, 0.1) is 18.6 Å². The van der Waals surface area contributed by atoms with Crippen molar-refractivity contribution in [2.75, 3.05) is 31.2 Å². The molecule has 0 saturated carbocycles. The zero-order chi connectivity index (χ0) is 12.0. The Morgan fingerprint density at radius 2 is 2.24 bits per heavy atom. The molecule has 17 heavy (non-hydrogen) atoms. The lowest BCUT2D eigenvalue weighted by Gasteiger charge is -2.55. The van der Waals surface area contributed by atoms with Gasteiger partial charge in [0.25, 0.3) is 0 Å². The number of carboxylic acid groups (broad SMARTS) is 1. The number of pyridine rings is 1. The van der Waals surface area contributed by atoms with E-state index in [-0.39, 0.29) is 11.0 Å². The Morgan fingerprint density at radius 1 is 1.53 bits per heavy atom. The van der Waals surface area contributed by atoms with Crippen molar-refractivity contribution in [3.63, 3.8) is 0 Å². The van der Waals surface area contributed by atoms with Crippen LogP contribution in [0, 0.1) is 5.41 Å². The average molecular weight is 299 g/mol. The van der Waals surface area contributed by atoms with Crippen LogP contribution in [0.25, 0.3) is 0 Å². The van der Waals surface area contributed by atoms with Gasteiger partial charge in [-0.2, -0.15) is 0 Å². The standard InChI is InChI=1S/C11H11BrN2O3/c12-7-1-8(10(15)16)9(13-2-7)14-3-11(4-14)5-17-6-11/h1-2H,3-6H2,(H,15,16). The molecule has 0 aliphatic carbocycles. The topological polar surface area (TPSA) is 62.7 Å². The third-order valence-electron chi connectivity index (χ3n) is 3.23. The maximum atomic E-state index is 11.2. The lowest BCUT2D eigenvalue weighted by Crippen LogP contribution is -2.66. The van der Waals surface area contributed by atoms with Gasteiger partial charge in [-0.05, 0) is 22.0 Å². The monoisotopic (exact) mass is 298 g/mol. The molecule has 0 aromatic carbocycles. The normalized spacial score (nSPS) is 20.9. The number of ether oxygens (including phenoxy) is 1. The Labute approximate surface area is 107 Å². The second-order valence-electron chi connectivity index (χ2n) is 4.68. The van der Waals surface area contributed by atoms with E-state index in [0.717, 1.165) is 26.3 Å². The predicted molar refractivity (Wildman–Crippen MR) is 64.4 cm³/mol. The highest BCUT2D eigenvalue weighted by molar-refractivity contribution is 9.10. The Bertz CT molecular complexity index is 480. The number of hydrogen-bond acceptors (Lipinski definition) is 4. The molecule has 3 heterocycles. The summed E-state index contributed by atoms with van der Waals surface area (Å²) >= 11 is 3.24. The van der Waals surface area contributed by atoms with Gasteiger partial charge >= 0.3 is 5.97 Å². The summed E-state index contributed by atoms with van der Waals surface area (Å²) in [4.78, 5) is 17.4. The summed E-state index contributed by atoms with van der Waals surface area (Å²) in [6.45, 7) is 3.23. The van der Waals surface area contributed by atoms with Crippen molar-refractivity contribution in [1.82, 2.24) is 4.98 Å². The second kappa shape index (κ2) is 3.68. The molecule has 2 aliphatic heterocycles. The molecule has 1 aromatic heterocycles. The average Bonchev–Trinajstić information content (AvgIpc) is 2.15. The molecule has 0 bridgehead atoms. The number of anilines is 1. The van der Waals surface area contributed by atoms with Crippen LogP contribution in [0.5, 0.6) is 0 Å². The molecule has 2 fully saturated rings. The third-order valence-corrected chi connectivity index (χ3v) is 3.67. The van der Waals surface area contributed by atoms with Gasteiger partial charge in [0.1, 0.15) is 11.4 Å².